The zero-order valence-electron chi connectivity index (χ0n) is 10.8. The van der Waals surface area contributed by atoms with Gasteiger partial charge < -0.3 is 10.2 Å². The molecular formula is C15H14N4O. The third-order valence-corrected chi connectivity index (χ3v) is 3.06. The van der Waals surface area contributed by atoms with Crippen molar-refractivity contribution in [1.82, 2.24) is 15.2 Å². The summed E-state index contributed by atoms with van der Waals surface area (Å²) in [5.74, 6) is 0.829. The Labute approximate surface area is 116 Å². The zero-order valence-corrected chi connectivity index (χ0v) is 10.8. The average molecular weight is 266 g/mol. The lowest BCUT2D eigenvalue weighted by molar-refractivity contribution is 0.480. The molecule has 0 fully saturated rings. The van der Waals surface area contributed by atoms with E-state index in [1.807, 2.05) is 48.5 Å². The van der Waals surface area contributed by atoms with Crippen molar-refractivity contribution in [2.75, 3.05) is 6.54 Å². The fourth-order valence-corrected chi connectivity index (χ4v) is 2.03. The minimum absolute atomic E-state index is 0.0961. The SMILES string of the molecule is NCC(c1ccccc1)c1nnc(-c2ccccn2)o1. The van der Waals surface area contributed by atoms with Crippen LogP contribution in [0.2, 0.25) is 0 Å². The molecule has 5 heteroatoms. The van der Waals surface area contributed by atoms with Crippen molar-refractivity contribution in [3.63, 3.8) is 0 Å². The smallest absolute Gasteiger partial charge is 0.266 e. The van der Waals surface area contributed by atoms with Gasteiger partial charge in [0.1, 0.15) is 5.69 Å². The minimum Gasteiger partial charge on any atom is -0.419 e. The van der Waals surface area contributed by atoms with Crippen LogP contribution in [0.1, 0.15) is 17.4 Å². The maximum absolute atomic E-state index is 5.84. The van der Waals surface area contributed by atoms with Crippen molar-refractivity contribution in [2.24, 2.45) is 5.73 Å². The maximum Gasteiger partial charge on any atom is 0.266 e. The van der Waals surface area contributed by atoms with Crippen molar-refractivity contribution in [3.05, 3.63) is 66.2 Å². The van der Waals surface area contributed by atoms with Crippen LogP contribution in [-0.4, -0.2) is 21.7 Å². The molecule has 1 aromatic carbocycles. The van der Waals surface area contributed by atoms with Gasteiger partial charge in [0.2, 0.25) is 5.89 Å². The minimum atomic E-state index is -0.0961. The van der Waals surface area contributed by atoms with Crippen LogP contribution in [-0.2, 0) is 0 Å². The summed E-state index contributed by atoms with van der Waals surface area (Å²) in [6.45, 7) is 0.411. The average Bonchev–Trinajstić information content (AvgIpc) is 3.00. The number of nitrogens with zero attached hydrogens (tertiary/aromatic N) is 3. The van der Waals surface area contributed by atoms with E-state index in [-0.39, 0.29) is 5.92 Å². The van der Waals surface area contributed by atoms with Crippen LogP contribution in [0.15, 0.2) is 59.1 Å². The van der Waals surface area contributed by atoms with Crippen LogP contribution in [0, 0.1) is 0 Å². The second-order valence-corrected chi connectivity index (χ2v) is 4.36. The highest BCUT2D eigenvalue weighted by molar-refractivity contribution is 5.45. The van der Waals surface area contributed by atoms with Crippen LogP contribution in [0.4, 0.5) is 0 Å². The largest absolute Gasteiger partial charge is 0.419 e. The first-order valence-corrected chi connectivity index (χ1v) is 6.38. The number of benzene rings is 1. The van der Waals surface area contributed by atoms with E-state index in [1.165, 1.54) is 0 Å². The van der Waals surface area contributed by atoms with E-state index in [0.717, 1.165) is 5.56 Å². The fourth-order valence-electron chi connectivity index (χ4n) is 2.03. The quantitative estimate of drug-likeness (QED) is 0.783. The topological polar surface area (TPSA) is 77.8 Å². The van der Waals surface area contributed by atoms with Crippen molar-refractivity contribution >= 4 is 0 Å². The number of hydrogen-bond donors (Lipinski definition) is 1. The third-order valence-electron chi connectivity index (χ3n) is 3.06. The molecule has 0 aliphatic carbocycles. The van der Waals surface area contributed by atoms with Gasteiger partial charge in [0.05, 0.1) is 5.92 Å². The summed E-state index contributed by atoms with van der Waals surface area (Å²) in [5.41, 5.74) is 7.56. The maximum atomic E-state index is 5.84. The van der Waals surface area contributed by atoms with Crippen molar-refractivity contribution in [3.8, 4) is 11.6 Å². The second-order valence-electron chi connectivity index (χ2n) is 4.36. The zero-order chi connectivity index (χ0) is 13.8. The molecular weight excluding hydrogens is 252 g/mol. The first-order chi connectivity index (χ1) is 9.88. The Hall–Kier alpha value is -2.53. The second kappa shape index (κ2) is 5.63. The number of nitrogens with two attached hydrogens (primary N) is 1. The Morgan fingerprint density at radius 3 is 2.50 bits per heavy atom. The Balaban J connectivity index is 1.93. The molecule has 0 radical (unpaired) electrons. The van der Waals surface area contributed by atoms with Crippen molar-refractivity contribution in [1.29, 1.82) is 0 Å². The fraction of sp³-hybridized carbons (Fsp3) is 0.133. The van der Waals surface area contributed by atoms with Gasteiger partial charge in [0, 0.05) is 12.7 Å². The molecule has 2 N–H and O–H groups in total. The highest BCUT2D eigenvalue weighted by Crippen LogP contribution is 2.24. The van der Waals surface area contributed by atoms with E-state index in [9.17, 15) is 0 Å². The molecule has 3 rings (SSSR count). The van der Waals surface area contributed by atoms with E-state index in [2.05, 4.69) is 15.2 Å². The van der Waals surface area contributed by atoms with Gasteiger partial charge in [-0.1, -0.05) is 36.4 Å². The lowest BCUT2D eigenvalue weighted by atomic mass is 9.99. The molecule has 0 saturated carbocycles. The van der Waals surface area contributed by atoms with E-state index < -0.39 is 0 Å². The van der Waals surface area contributed by atoms with Gasteiger partial charge in [-0.05, 0) is 17.7 Å². The monoisotopic (exact) mass is 266 g/mol. The number of pyridine rings is 1. The van der Waals surface area contributed by atoms with Crippen LogP contribution < -0.4 is 5.73 Å². The Kier molecular flexibility index (Phi) is 3.52. The molecule has 0 spiro atoms. The summed E-state index contributed by atoms with van der Waals surface area (Å²) in [7, 11) is 0. The number of rotatable bonds is 4. The van der Waals surface area contributed by atoms with E-state index in [1.54, 1.807) is 6.20 Å². The van der Waals surface area contributed by atoms with Gasteiger partial charge in [-0.15, -0.1) is 10.2 Å². The van der Waals surface area contributed by atoms with E-state index >= 15 is 0 Å². The highest BCUT2D eigenvalue weighted by Gasteiger charge is 2.20. The number of aromatic nitrogens is 3. The summed E-state index contributed by atoms with van der Waals surface area (Å²) in [6, 6.07) is 15.4. The summed E-state index contributed by atoms with van der Waals surface area (Å²) in [5, 5.41) is 8.15. The van der Waals surface area contributed by atoms with Gasteiger partial charge in [-0.25, -0.2) is 0 Å². The van der Waals surface area contributed by atoms with Crippen molar-refractivity contribution in [2.45, 2.75) is 5.92 Å². The first-order valence-electron chi connectivity index (χ1n) is 6.38. The van der Waals surface area contributed by atoms with Crippen LogP contribution in [0.3, 0.4) is 0 Å². The molecule has 0 aliphatic heterocycles. The van der Waals surface area contributed by atoms with Gasteiger partial charge in [0.25, 0.3) is 5.89 Å². The molecule has 1 unspecified atom stereocenters. The standard InChI is InChI=1S/C15H14N4O/c16-10-12(11-6-2-1-3-7-11)14-18-19-15(20-14)13-8-4-5-9-17-13/h1-9,12H,10,16H2. The van der Waals surface area contributed by atoms with Gasteiger partial charge in [-0.3, -0.25) is 4.98 Å². The van der Waals surface area contributed by atoms with Crippen LogP contribution in [0.25, 0.3) is 11.6 Å². The molecule has 0 aliphatic rings. The number of hydrogen-bond acceptors (Lipinski definition) is 5. The predicted molar refractivity (Wildman–Crippen MR) is 74.9 cm³/mol. The van der Waals surface area contributed by atoms with E-state index in [0.29, 0.717) is 24.0 Å². The van der Waals surface area contributed by atoms with Crippen molar-refractivity contribution < 1.29 is 4.42 Å². The molecule has 1 atom stereocenters. The summed E-state index contributed by atoms with van der Waals surface area (Å²) in [6.07, 6.45) is 1.69. The molecule has 20 heavy (non-hydrogen) atoms. The van der Waals surface area contributed by atoms with Gasteiger partial charge in [-0.2, -0.15) is 0 Å². The summed E-state index contributed by atoms with van der Waals surface area (Å²) >= 11 is 0. The molecule has 5 nitrogen and oxygen atoms in total. The molecule has 3 aromatic rings. The van der Waals surface area contributed by atoms with Gasteiger partial charge >= 0.3 is 0 Å². The van der Waals surface area contributed by atoms with Gasteiger partial charge in [0.15, 0.2) is 0 Å². The third kappa shape index (κ3) is 2.44. The Morgan fingerprint density at radius 2 is 1.80 bits per heavy atom. The first kappa shape index (κ1) is 12.5. The molecule has 0 amide bonds. The van der Waals surface area contributed by atoms with E-state index in [4.69, 9.17) is 10.2 Å². The summed E-state index contributed by atoms with van der Waals surface area (Å²) in [4.78, 5) is 4.19. The molecule has 100 valence electrons. The van der Waals surface area contributed by atoms with Crippen LogP contribution in [0.5, 0.6) is 0 Å². The predicted octanol–water partition coefficient (Wildman–Crippen LogP) is 2.22. The molecule has 0 bridgehead atoms. The highest BCUT2D eigenvalue weighted by atomic mass is 16.4. The Morgan fingerprint density at radius 1 is 1.00 bits per heavy atom. The normalized spacial score (nSPS) is 12.2. The molecule has 2 aromatic heterocycles. The van der Waals surface area contributed by atoms with Crippen LogP contribution >= 0.6 is 0 Å². The molecule has 2 heterocycles. The Bertz CT molecular complexity index is 667. The summed E-state index contributed by atoms with van der Waals surface area (Å²) < 4.78 is 5.71. The molecule has 0 saturated heterocycles. The lowest BCUT2D eigenvalue weighted by Crippen LogP contribution is -2.14. The lowest BCUT2D eigenvalue weighted by Gasteiger charge is -2.09.